The predicted octanol–water partition coefficient (Wildman–Crippen LogP) is 2.46. The second-order valence-electron chi connectivity index (χ2n) is 6.03. The highest BCUT2D eigenvalue weighted by Crippen LogP contribution is 2.55. The zero-order chi connectivity index (χ0) is 15.7. The average Bonchev–Trinajstić information content (AvgIpc) is 3.23. The summed E-state index contributed by atoms with van der Waals surface area (Å²) in [7, 11) is 0. The third-order valence-corrected chi connectivity index (χ3v) is 4.64. The summed E-state index contributed by atoms with van der Waals surface area (Å²) in [4.78, 5) is 24.6. The zero-order valence-corrected chi connectivity index (χ0v) is 12.1. The molecule has 1 heterocycles. The lowest BCUT2D eigenvalue weighted by atomic mass is 9.87. The molecular formula is C16H18FNO4. The summed E-state index contributed by atoms with van der Waals surface area (Å²) in [6.07, 6.45) is -0.918. The van der Waals surface area contributed by atoms with Crippen molar-refractivity contribution in [2.24, 2.45) is 11.3 Å². The second kappa shape index (κ2) is 5.59. The minimum atomic E-state index is -1.30. The summed E-state index contributed by atoms with van der Waals surface area (Å²) in [5.41, 5.74) is -0.124. The van der Waals surface area contributed by atoms with Crippen molar-refractivity contribution in [3.05, 3.63) is 35.9 Å². The van der Waals surface area contributed by atoms with Gasteiger partial charge in [-0.2, -0.15) is 0 Å². The molecule has 0 spiro atoms. The van der Waals surface area contributed by atoms with Crippen LogP contribution in [0, 0.1) is 11.3 Å². The summed E-state index contributed by atoms with van der Waals surface area (Å²) >= 11 is 0. The molecule has 1 aliphatic heterocycles. The Bertz CT molecular complexity index is 573. The van der Waals surface area contributed by atoms with Crippen molar-refractivity contribution in [1.82, 2.24) is 4.90 Å². The Morgan fingerprint density at radius 3 is 2.55 bits per heavy atom. The molecule has 22 heavy (non-hydrogen) atoms. The molecule has 0 aromatic heterocycles. The van der Waals surface area contributed by atoms with Crippen LogP contribution in [-0.2, 0) is 16.1 Å². The number of hydrogen-bond acceptors (Lipinski definition) is 3. The van der Waals surface area contributed by atoms with Crippen LogP contribution in [0.15, 0.2) is 30.3 Å². The second-order valence-corrected chi connectivity index (χ2v) is 6.03. The van der Waals surface area contributed by atoms with Crippen LogP contribution in [0.1, 0.15) is 18.4 Å². The van der Waals surface area contributed by atoms with Gasteiger partial charge in [0.25, 0.3) is 0 Å². The highest BCUT2D eigenvalue weighted by molar-refractivity contribution is 5.79. The topological polar surface area (TPSA) is 66.8 Å². The van der Waals surface area contributed by atoms with Crippen molar-refractivity contribution in [2.75, 3.05) is 13.1 Å². The van der Waals surface area contributed by atoms with Crippen molar-refractivity contribution < 1.29 is 23.8 Å². The number of aliphatic carboxylic acids is 1. The van der Waals surface area contributed by atoms with Gasteiger partial charge in [-0.1, -0.05) is 30.3 Å². The van der Waals surface area contributed by atoms with E-state index >= 15 is 0 Å². The molecule has 0 unspecified atom stereocenters. The fourth-order valence-corrected chi connectivity index (χ4v) is 3.12. The first-order valence-electron chi connectivity index (χ1n) is 7.36. The van der Waals surface area contributed by atoms with Gasteiger partial charge in [0, 0.05) is 12.5 Å². The van der Waals surface area contributed by atoms with E-state index in [-0.39, 0.29) is 19.7 Å². The normalized spacial score (nSPS) is 25.8. The van der Waals surface area contributed by atoms with Gasteiger partial charge in [-0.05, 0) is 18.4 Å². The third kappa shape index (κ3) is 2.65. The van der Waals surface area contributed by atoms with Gasteiger partial charge in [-0.15, -0.1) is 0 Å². The molecule has 118 valence electrons. The lowest BCUT2D eigenvalue weighted by molar-refractivity contribution is -0.146. The standard InChI is InChI=1S/C16H18FNO4/c17-13-9-18(8-12(13)16(6-7-16)14(19)20)15(21)22-10-11-4-2-1-3-5-11/h1-5,12-13H,6-10H2,(H,19,20)/t12-,13-/m0/s1. The average molecular weight is 307 g/mol. The van der Waals surface area contributed by atoms with Gasteiger partial charge in [0.1, 0.15) is 12.8 Å². The SMILES string of the molecule is O=C(OCc1ccccc1)N1C[C@H](F)[C@@H](C2(C(=O)O)CC2)C1. The number of hydrogen-bond donors (Lipinski definition) is 1. The molecule has 2 atom stereocenters. The Morgan fingerprint density at radius 2 is 1.95 bits per heavy atom. The van der Waals surface area contributed by atoms with E-state index in [0.29, 0.717) is 12.8 Å². The molecule has 1 aromatic carbocycles. The molecule has 1 aromatic rings. The molecule has 6 heteroatoms. The number of amides is 1. The quantitative estimate of drug-likeness (QED) is 0.928. The lowest BCUT2D eigenvalue weighted by Gasteiger charge is -2.20. The van der Waals surface area contributed by atoms with Crippen molar-refractivity contribution in [3.63, 3.8) is 0 Å². The van der Waals surface area contributed by atoms with E-state index in [9.17, 15) is 19.1 Å². The maximum Gasteiger partial charge on any atom is 0.410 e. The van der Waals surface area contributed by atoms with Crippen LogP contribution in [0.2, 0.25) is 0 Å². The number of carboxylic acid groups (broad SMARTS) is 1. The van der Waals surface area contributed by atoms with Crippen molar-refractivity contribution in [2.45, 2.75) is 25.6 Å². The van der Waals surface area contributed by atoms with Crippen molar-refractivity contribution in [3.8, 4) is 0 Å². The van der Waals surface area contributed by atoms with Crippen LogP contribution in [0.4, 0.5) is 9.18 Å². The van der Waals surface area contributed by atoms with Gasteiger partial charge < -0.3 is 14.7 Å². The molecule has 5 nitrogen and oxygen atoms in total. The Morgan fingerprint density at radius 1 is 1.27 bits per heavy atom. The van der Waals surface area contributed by atoms with Crippen LogP contribution >= 0.6 is 0 Å². The molecule has 0 bridgehead atoms. The van der Waals surface area contributed by atoms with Gasteiger partial charge >= 0.3 is 12.1 Å². The summed E-state index contributed by atoms with van der Waals surface area (Å²) in [6, 6.07) is 9.22. The van der Waals surface area contributed by atoms with E-state index in [2.05, 4.69) is 0 Å². The highest BCUT2D eigenvalue weighted by Gasteiger charge is 2.61. The van der Waals surface area contributed by atoms with Crippen LogP contribution < -0.4 is 0 Å². The first-order chi connectivity index (χ1) is 10.5. The maximum absolute atomic E-state index is 14.1. The number of benzene rings is 1. The van der Waals surface area contributed by atoms with E-state index in [0.717, 1.165) is 5.56 Å². The maximum atomic E-state index is 14.1. The largest absolute Gasteiger partial charge is 0.481 e. The number of carbonyl (C=O) groups is 2. The molecule has 0 radical (unpaired) electrons. The monoisotopic (exact) mass is 307 g/mol. The Balaban J connectivity index is 1.57. The van der Waals surface area contributed by atoms with Gasteiger partial charge in [-0.3, -0.25) is 4.79 Å². The summed E-state index contributed by atoms with van der Waals surface area (Å²) in [5.74, 6) is -1.59. The minimum Gasteiger partial charge on any atom is -0.481 e. The van der Waals surface area contributed by atoms with E-state index in [4.69, 9.17) is 4.74 Å². The van der Waals surface area contributed by atoms with Gasteiger partial charge in [0.05, 0.1) is 12.0 Å². The molecule has 2 fully saturated rings. The Kier molecular flexibility index (Phi) is 3.76. The number of rotatable bonds is 4. The number of halogens is 1. The van der Waals surface area contributed by atoms with Gasteiger partial charge in [0.15, 0.2) is 0 Å². The molecule has 1 amide bonds. The first kappa shape index (κ1) is 14.8. The summed E-state index contributed by atoms with van der Waals surface area (Å²) in [6.45, 7) is 0.149. The van der Waals surface area contributed by atoms with Crippen LogP contribution in [0.25, 0.3) is 0 Å². The van der Waals surface area contributed by atoms with Crippen LogP contribution in [0.3, 0.4) is 0 Å². The van der Waals surface area contributed by atoms with E-state index in [1.54, 1.807) is 0 Å². The van der Waals surface area contributed by atoms with Crippen LogP contribution in [-0.4, -0.2) is 41.3 Å². The predicted molar refractivity (Wildman–Crippen MR) is 75.9 cm³/mol. The molecule has 1 aliphatic carbocycles. The number of alkyl halides is 1. The Labute approximate surface area is 127 Å². The number of likely N-dealkylation sites (tertiary alicyclic amines) is 1. The number of ether oxygens (including phenoxy) is 1. The molecular weight excluding hydrogens is 289 g/mol. The molecule has 3 rings (SSSR count). The van der Waals surface area contributed by atoms with Gasteiger partial charge in [-0.25, -0.2) is 9.18 Å². The smallest absolute Gasteiger partial charge is 0.410 e. The van der Waals surface area contributed by atoms with Crippen LogP contribution in [0.5, 0.6) is 0 Å². The summed E-state index contributed by atoms with van der Waals surface area (Å²) in [5, 5.41) is 9.26. The first-order valence-corrected chi connectivity index (χ1v) is 7.36. The molecule has 2 aliphatic rings. The number of carbonyl (C=O) groups excluding carboxylic acids is 1. The number of nitrogens with zero attached hydrogens (tertiary/aromatic N) is 1. The van der Waals surface area contributed by atoms with Crippen molar-refractivity contribution >= 4 is 12.1 Å². The number of carboxylic acids is 1. The van der Waals surface area contributed by atoms with E-state index in [1.807, 2.05) is 30.3 Å². The van der Waals surface area contributed by atoms with Gasteiger partial charge in [0.2, 0.25) is 0 Å². The summed E-state index contributed by atoms with van der Waals surface area (Å²) < 4.78 is 19.3. The van der Waals surface area contributed by atoms with E-state index in [1.165, 1.54) is 4.90 Å². The lowest BCUT2D eigenvalue weighted by Crippen LogP contribution is -2.33. The molecule has 1 saturated carbocycles. The fourth-order valence-electron chi connectivity index (χ4n) is 3.12. The minimum absolute atomic E-state index is 0.0900. The Hall–Kier alpha value is -2.11. The molecule has 1 saturated heterocycles. The van der Waals surface area contributed by atoms with E-state index < -0.39 is 29.6 Å². The third-order valence-electron chi connectivity index (χ3n) is 4.64. The molecule has 1 N–H and O–H groups in total. The zero-order valence-electron chi connectivity index (χ0n) is 12.1. The fraction of sp³-hybridized carbons (Fsp3) is 0.500. The highest BCUT2D eigenvalue weighted by atomic mass is 19.1. The van der Waals surface area contributed by atoms with Crippen molar-refractivity contribution in [1.29, 1.82) is 0 Å².